The standard InChI is InChI=1S/C15H19N5O3/c1-2-7-17-15(21)18-9-8-16-14-11-5-3-4-6-12(11)19-10-13(14)20(22)23/h3-6,10H,2,7-9H2,1H3,(H,16,19)(H2,17,18,21). The van der Waals surface area contributed by atoms with Crippen LogP contribution in [0.15, 0.2) is 30.5 Å². The number of pyridine rings is 1. The molecule has 0 spiro atoms. The Morgan fingerprint density at radius 2 is 1.96 bits per heavy atom. The van der Waals surface area contributed by atoms with Gasteiger partial charge in [-0.15, -0.1) is 0 Å². The van der Waals surface area contributed by atoms with E-state index in [9.17, 15) is 14.9 Å². The van der Waals surface area contributed by atoms with Gasteiger partial charge >= 0.3 is 11.7 Å². The molecule has 0 unspecified atom stereocenters. The van der Waals surface area contributed by atoms with Crippen molar-refractivity contribution in [3.05, 3.63) is 40.6 Å². The molecule has 0 aliphatic carbocycles. The molecule has 0 radical (unpaired) electrons. The van der Waals surface area contributed by atoms with Crippen LogP contribution in [0.2, 0.25) is 0 Å². The number of hydrogen-bond acceptors (Lipinski definition) is 5. The number of para-hydroxylation sites is 1. The predicted octanol–water partition coefficient (Wildman–Crippen LogP) is 2.26. The third kappa shape index (κ3) is 4.29. The number of amides is 2. The number of carbonyl (C=O) groups is 1. The molecule has 1 heterocycles. The van der Waals surface area contributed by atoms with Crippen molar-refractivity contribution in [1.82, 2.24) is 15.6 Å². The van der Waals surface area contributed by atoms with Gasteiger partial charge in [0, 0.05) is 25.0 Å². The Morgan fingerprint density at radius 1 is 1.22 bits per heavy atom. The molecule has 0 bridgehead atoms. The van der Waals surface area contributed by atoms with Crippen molar-refractivity contribution in [2.75, 3.05) is 25.0 Å². The number of hydrogen-bond donors (Lipinski definition) is 3. The molecule has 8 heteroatoms. The highest BCUT2D eigenvalue weighted by Gasteiger charge is 2.17. The van der Waals surface area contributed by atoms with E-state index in [1.54, 1.807) is 18.2 Å². The van der Waals surface area contributed by atoms with Crippen LogP contribution in [0.4, 0.5) is 16.2 Å². The monoisotopic (exact) mass is 317 g/mol. The lowest BCUT2D eigenvalue weighted by atomic mass is 10.1. The summed E-state index contributed by atoms with van der Waals surface area (Å²) in [5.41, 5.74) is 1.00. The molecule has 0 fully saturated rings. The molecule has 0 aliphatic heterocycles. The van der Waals surface area contributed by atoms with Crippen molar-refractivity contribution < 1.29 is 9.72 Å². The number of aromatic nitrogens is 1. The van der Waals surface area contributed by atoms with Gasteiger partial charge in [0.1, 0.15) is 11.9 Å². The van der Waals surface area contributed by atoms with E-state index >= 15 is 0 Å². The topological polar surface area (TPSA) is 109 Å². The summed E-state index contributed by atoms with van der Waals surface area (Å²) in [5, 5.41) is 20.3. The summed E-state index contributed by atoms with van der Waals surface area (Å²) < 4.78 is 0. The molecule has 23 heavy (non-hydrogen) atoms. The van der Waals surface area contributed by atoms with Crippen LogP contribution in [0.5, 0.6) is 0 Å². The first kappa shape index (κ1) is 16.5. The largest absolute Gasteiger partial charge is 0.377 e. The highest BCUT2D eigenvalue weighted by molar-refractivity contribution is 5.95. The summed E-state index contributed by atoms with van der Waals surface area (Å²) in [6.07, 6.45) is 2.10. The van der Waals surface area contributed by atoms with Crippen molar-refractivity contribution in [3.8, 4) is 0 Å². The summed E-state index contributed by atoms with van der Waals surface area (Å²) >= 11 is 0. The number of benzene rings is 1. The van der Waals surface area contributed by atoms with Gasteiger partial charge in [-0.25, -0.2) is 9.78 Å². The Balaban J connectivity index is 2.05. The molecule has 0 atom stereocenters. The van der Waals surface area contributed by atoms with Crippen LogP contribution in [-0.2, 0) is 0 Å². The van der Waals surface area contributed by atoms with Crippen LogP contribution in [0.1, 0.15) is 13.3 Å². The third-order valence-electron chi connectivity index (χ3n) is 3.20. The zero-order chi connectivity index (χ0) is 16.7. The van der Waals surface area contributed by atoms with Crippen LogP contribution < -0.4 is 16.0 Å². The quantitative estimate of drug-likeness (QED) is 0.412. The summed E-state index contributed by atoms with van der Waals surface area (Å²) in [7, 11) is 0. The van der Waals surface area contributed by atoms with E-state index < -0.39 is 4.92 Å². The van der Waals surface area contributed by atoms with Crippen molar-refractivity contribution >= 4 is 28.3 Å². The summed E-state index contributed by atoms with van der Waals surface area (Å²) in [4.78, 5) is 26.2. The van der Waals surface area contributed by atoms with Gasteiger partial charge in [-0.3, -0.25) is 10.1 Å². The molecule has 0 aliphatic rings. The van der Waals surface area contributed by atoms with E-state index in [0.29, 0.717) is 36.2 Å². The summed E-state index contributed by atoms with van der Waals surface area (Å²) in [5.74, 6) is 0. The number of anilines is 1. The Hall–Kier alpha value is -2.90. The molecule has 3 N–H and O–H groups in total. The summed E-state index contributed by atoms with van der Waals surface area (Å²) in [6, 6.07) is 6.95. The van der Waals surface area contributed by atoms with Crippen molar-refractivity contribution in [2.45, 2.75) is 13.3 Å². The fourth-order valence-electron chi connectivity index (χ4n) is 2.12. The maximum Gasteiger partial charge on any atom is 0.314 e. The zero-order valence-electron chi connectivity index (χ0n) is 12.8. The maximum atomic E-state index is 11.4. The van der Waals surface area contributed by atoms with Gasteiger partial charge in [-0.05, 0) is 12.5 Å². The van der Waals surface area contributed by atoms with E-state index in [4.69, 9.17) is 0 Å². The minimum absolute atomic E-state index is 0.0841. The smallest absolute Gasteiger partial charge is 0.314 e. The molecular formula is C15H19N5O3. The van der Waals surface area contributed by atoms with Gasteiger partial charge in [0.05, 0.1) is 10.4 Å². The number of nitrogens with zero attached hydrogens (tertiary/aromatic N) is 2. The maximum absolute atomic E-state index is 11.4. The second kappa shape index (κ2) is 7.92. The number of nitro groups is 1. The summed E-state index contributed by atoms with van der Waals surface area (Å²) in [6.45, 7) is 3.30. The Bertz CT molecular complexity index is 705. The lowest BCUT2D eigenvalue weighted by Crippen LogP contribution is -2.38. The van der Waals surface area contributed by atoms with Gasteiger partial charge in [0.25, 0.3) is 0 Å². The molecule has 122 valence electrons. The van der Waals surface area contributed by atoms with Gasteiger partial charge in [-0.2, -0.15) is 0 Å². The molecule has 1 aromatic heterocycles. The number of fused-ring (bicyclic) bond motifs is 1. The second-order valence-corrected chi connectivity index (χ2v) is 4.90. The average molecular weight is 317 g/mol. The molecule has 8 nitrogen and oxygen atoms in total. The number of carbonyl (C=O) groups excluding carboxylic acids is 1. The number of urea groups is 1. The Morgan fingerprint density at radius 3 is 2.70 bits per heavy atom. The molecule has 1 aromatic carbocycles. The van der Waals surface area contributed by atoms with Crippen LogP contribution in [-0.4, -0.2) is 35.6 Å². The SMILES string of the molecule is CCCNC(=O)NCCNc1c([N+](=O)[O-])cnc2ccccc12. The normalized spacial score (nSPS) is 10.3. The van der Waals surface area contributed by atoms with Gasteiger partial charge in [-0.1, -0.05) is 25.1 Å². The first-order valence-electron chi connectivity index (χ1n) is 7.41. The lowest BCUT2D eigenvalue weighted by Gasteiger charge is -2.11. The van der Waals surface area contributed by atoms with Crippen LogP contribution >= 0.6 is 0 Å². The molecule has 0 saturated heterocycles. The Labute approximate surface area is 133 Å². The van der Waals surface area contributed by atoms with E-state index in [2.05, 4.69) is 20.9 Å². The van der Waals surface area contributed by atoms with Crippen LogP contribution in [0.3, 0.4) is 0 Å². The first-order chi connectivity index (χ1) is 11.1. The van der Waals surface area contributed by atoms with Crippen molar-refractivity contribution in [2.24, 2.45) is 0 Å². The highest BCUT2D eigenvalue weighted by Crippen LogP contribution is 2.30. The predicted molar refractivity (Wildman–Crippen MR) is 88.6 cm³/mol. The number of nitrogens with one attached hydrogen (secondary N) is 3. The Kier molecular flexibility index (Phi) is 5.67. The lowest BCUT2D eigenvalue weighted by molar-refractivity contribution is -0.384. The molecule has 2 rings (SSSR count). The zero-order valence-corrected chi connectivity index (χ0v) is 12.8. The highest BCUT2D eigenvalue weighted by atomic mass is 16.6. The van der Waals surface area contributed by atoms with Gasteiger partial charge in [0.15, 0.2) is 0 Å². The molecule has 0 saturated carbocycles. The average Bonchev–Trinajstić information content (AvgIpc) is 2.56. The fourth-order valence-corrected chi connectivity index (χ4v) is 2.12. The fraction of sp³-hybridized carbons (Fsp3) is 0.333. The van der Waals surface area contributed by atoms with E-state index in [1.807, 2.05) is 13.0 Å². The third-order valence-corrected chi connectivity index (χ3v) is 3.20. The van der Waals surface area contributed by atoms with Gasteiger partial charge in [0.2, 0.25) is 0 Å². The molecular weight excluding hydrogens is 298 g/mol. The van der Waals surface area contributed by atoms with Crippen molar-refractivity contribution in [1.29, 1.82) is 0 Å². The molecule has 2 amide bonds. The van der Waals surface area contributed by atoms with Crippen molar-refractivity contribution in [3.63, 3.8) is 0 Å². The molecule has 2 aromatic rings. The first-order valence-corrected chi connectivity index (χ1v) is 7.41. The minimum atomic E-state index is -0.469. The van der Waals surface area contributed by atoms with Crippen LogP contribution in [0.25, 0.3) is 10.9 Å². The number of rotatable bonds is 7. The second-order valence-electron chi connectivity index (χ2n) is 4.90. The van der Waals surface area contributed by atoms with Gasteiger partial charge < -0.3 is 16.0 Å². The van der Waals surface area contributed by atoms with E-state index in [0.717, 1.165) is 6.42 Å². The van der Waals surface area contributed by atoms with Crippen LogP contribution in [0, 0.1) is 10.1 Å². The van der Waals surface area contributed by atoms with E-state index in [-0.39, 0.29) is 11.7 Å². The minimum Gasteiger partial charge on any atom is -0.377 e. The van der Waals surface area contributed by atoms with E-state index in [1.165, 1.54) is 6.20 Å².